The Morgan fingerprint density at radius 1 is 1.27 bits per heavy atom. The lowest BCUT2D eigenvalue weighted by Gasteiger charge is -2.10. The zero-order valence-electron chi connectivity index (χ0n) is 8.70. The van der Waals surface area contributed by atoms with Gasteiger partial charge in [-0.05, 0) is 34.9 Å². The van der Waals surface area contributed by atoms with Crippen LogP contribution in [-0.4, -0.2) is 0 Å². The highest BCUT2D eigenvalue weighted by Gasteiger charge is 2.04. The molecule has 1 atom stereocenters. The zero-order chi connectivity index (χ0) is 10.8. The molecule has 0 aliphatic carbocycles. The molecule has 2 aromatic carbocycles. The fraction of sp³-hybridized carbons (Fsp3) is 0.231. The normalized spacial score (nSPS) is 13.0. The first-order valence-corrected chi connectivity index (χ1v) is 5.95. The minimum atomic E-state index is 0.147. The van der Waals surface area contributed by atoms with Crippen molar-refractivity contribution < 1.29 is 0 Å². The highest BCUT2D eigenvalue weighted by Crippen LogP contribution is 2.26. The Kier molecular flexibility index (Phi) is 3.08. The molecule has 0 spiro atoms. The molecule has 0 heterocycles. The van der Waals surface area contributed by atoms with Crippen LogP contribution in [0.25, 0.3) is 10.8 Å². The maximum atomic E-state index is 6.01. The monoisotopic (exact) mass is 263 g/mol. The average molecular weight is 264 g/mol. The summed E-state index contributed by atoms with van der Waals surface area (Å²) in [5.74, 6) is 0. The molecular formula is C13H14BrN. The standard InChI is InChI=1S/C13H14BrN/c1-2-13(15)10-6-7-11-9(8-10)4-3-5-12(11)14/h3-8,13H,2,15H2,1H3. The van der Waals surface area contributed by atoms with Crippen molar-refractivity contribution in [3.8, 4) is 0 Å². The van der Waals surface area contributed by atoms with Crippen LogP contribution >= 0.6 is 15.9 Å². The molecule has 2 rings (SSSR count). The number of fused-ring (bicyclic) bond motifs is 1. The molecule has 1 unspecified atom stereocenters. The van der Waals surface area contributed by atoms with Crippen molar-refractivity contribution in [2.24, 2.45) is 5.73 Å². The molecule has 78 valence electrons. The van der Waals surface area contributed by atoms with E-state index in [1.807, 2.05) is 6.07 Å². The van der Waals surface area contributed by atoms with Crippen LogP contribution < -0.4 is 5.73 Å². The lowest BCUT2D eigenvalue weighted by Crippen LogP contribution is -2.08. The second kappa shape index (κ2) is 4.33. The Labute approximate surface area is 98.4 Å². The lowest BCUT2D eigenvalue weighted by atomic mass is 10.0. The van der Waals surface area contributed by atoms with Gasteiger partial charge in [0.05, 0.1) is 0 Å². The molecule has 0 saturated carbocycles. The first kappa shape index (κ1) is 10.7. The second-order valence-electron chi connectivity index (χ2n) is 3.74. The Morgan fingerprint density at radius 2 is 2.07 bits per heavy atom. The van der Waals surface area contributed by atoms with Crippen LogP contribution in [0.4, 0.5) is 0 Å². The minimum absolute atomic E-state index is 0.147. The molecular weight excluding hydrogens is 250 g/mol. The van der Waals surface area contributed by atoms with Gasteiger partial charge in [-0.15, -0.1) is 0 Å². The molecule has 0 radical (unpaired) electrons. The maximum Gasteiger partial charge on any atom is 0.0292 e. The van der Waals surface area contributed by atoms with Gasteiger partial charge in [-0.3, -0.25) is 0 Å². The van der Waals surface area contributed by atoms with E-state index in [9.17, 15) is 0 Å². The molecule has 0 saturated heterocycles. The quantitative estimate of drug-likeness (QED) is 0.871. The van der Waals surface area contributed by atoms with Crippen LogP contribution in [0.2, 0.25) is 0 Å². The molecule has 0 bridgehead atoms. The van der Waals surface area contributed by atoms with E-state index in [1.165, 1.54) is 16.3 Å². The van der Waals surface area contributed by atoms with E-state index in [1.54, 1.807) is 0 Å². The van der Waals surface area contributed by atoms with E-state index in [2.05, 4.69) is 53.2 Å². The Balaban J connectivity index is 2.57. The van der Waals surface area contributed by atoms with Crippen molar-refractivity contribution in [3.05, 3.63) is 46.4 Å². The van der Waals surface area contributed by atoms with E-state index in [0.29, 0.717) is 0 Å². The molecule has 0 aromatic heterocycles. The van der Waals surface area contributed by atoms with Gasteiger partial charge in [0.2, 0.25) is 0 Å². The predicted molar refractivity (Wildman–Crippen MR) is 68.9 cm³/mol. The van der Waals surface area contributed by atoms with Crippen LogP contribution in [0, 0.1) is 0 Å². The molecule has 0 aliphatic rings. The highest BCUT2D eigenvalue weighted by atomic mass is 79.9. The van der Waals surface area contributed by atoms with Gasteiger partial charge in [-0.2, -0.15) is 0 Å². The van der Waals surface area contributed by atoms with Gasteiger partial charge in [0.15, 0.2) is 0 Å². The zero-order valence-corrected chi connectivity index (χ0v) is 10.3. The molecule has 2 N–H and O–H groups in total. The molecule has 0 aliphatic heterocycles. The summed E-state index contributed by atoms with van der Waals surface area (Å²) >= 11 is 3.54. The van der Waals surface area contributed by atoms with Crippen LogP contribution in [-0.2, 0) is 0 Å². The third kappa shape index (κ3) is 2.06. The van der Waals surface area contributed by atoms with E-state index in [-0.39, 0.29) is 6.04 Å². The van der Waals surface area contributed by atoms with E-state index in [4.69, 9.17) is 5.73 Å². The third-order valence-corrected chi connectivity index (χ3v) is 3.41. The van der Waals surface area contributed by atoms with Crippen LogP contribution in [0.15, 0.2) is 40.9 Å². The number of hydrogen-bond acceptors (Lipinski definition) is 1. The molecule has 2 heteroatoms. The Morgan fingerprint density at radius 3 is 2.80 bits per heavy atom. The fourth-order valence-electron chi connectivity index (χ4n) is 1.73. The van der Waals surface area contributed by atoms with Gasteiger partial charge in [0.1, 0.15) is 0 Å². The van der Waals surface area contributed by atoms with Gasteiger partial charge < -0.3 is 5.73 Å². The van der Waals surface area contributed by atoms with Gasteiger partial charge in [-0.25, -0.2) is 0 Å². The molecule has 15 heavy (non-hydrogen) atoms. The predicted octanol–water partition coefficient (Wildman–Crippen LogP) is 4.01. The summed E-state index contributed by atoms with van der Waals surface area (Å²) in [6, 6.07) is 12.8. The first-order chi connectivity index (χ1) is 7.22. The molecule has 0 fully saturated rings. The number of hydrogen-bond donors (Lipinski definition) is 1. The van der Waals surface area contributed by atoms with Crippen LogP contribution in [0.1, 0.15) is 24.9 Å². The van der Waals surface area contributed by atoms with Gasteiger partial charge in [0, 0.05) is 10.5 Å². The Hall–Kier alpha value is -0.860. The first-order valence-electron chi connectivity index (χ1n) is 5.16. The summed E-state index contributed by atoms with van der Waals surface area (Å²) in [6.45, 7) is 2.11. The van der Waals surface area contributed by atoms with Gasteiger partial charge in [-0.1, -0.05) is 47.1 Å². The van der Waals surface area contributed by atoms with Crippen molar-refractivity contribution in [2.75, 3.05) is 0 Å². The summed E-state index contributed by atoms with van der Waals surface area (Å²) in [7, 11) is 0. The van der Waals surface area contributed by atoms with E-state index in [0.717, 1.165) is 10.9 Å². The number of benzene rings is 2. The number of rotatable bonds is 2. The fourth-order valence-corrected chi connectivity index (χ4v) is 2.24. The molecule has 2 aromatic rings. The lowest BCUT2D eigenvalue weighted by molar-refractivity contribution is 0.700. The summed E-state index contributed by atoms with van der Waals surface area (Å²) in [6.07, 6.45) is 0.972. The van der Waals surface area contributed by atoms with Crippen LogP contribution in [0.5, 0.6) is 0 Å². The summed E-state index contributed by atoms with van der Waals surface area (Å²) in [5.41, 5.74) is 7.22. The van der Waals surface area contributed by atoms with Crippen molar-refractivity contribution in [1.29, 1.82) is 0 Å². The average Bonchev–Trinajstić information content (AvgIpc) is 2.28. The molecule has 1 nitrogen and oxygen atoms in total. The van der Waals surface area contributed by atoms with Gasteiger partial charge in [0.25, 0.3) is 0 Å². The summed E-state index contributed by atoms with van der Waals surface area (Å²) < 4.78 is 1.14. The van der Waals surface area contributed by atoms with Crippen molar-refractivity contribution in [3.63, 3.8) is 0 Å². The summed E-state index contributed by atoms with van der Waals surface area (Å²) in [4.78, 5) is 0. The smallest absolute Gasteiger partial charge is 0.0292 e. The van der Waals surface area contributed by atoms with E-state index < -0.39 is 0 Å². The van der Waals surface area contributed by atoms with Gasteiger partial charge >= 0.3 is 0 Å². The SMILES string of the molecule is CCC(N)c1ccc2c(Br)cccc2c1. The number of nitrogens with two attached hydrogens (primary N) is 1. The maximum absolute atomic E-state index is 6.01. The van der Waals surface area contributed by atoms with Crippen molar-refractivity contribution in [1.82, 2.24) is 0 Å². The Bertz CT molecular complexity index is 479. The molecule has 0 amide bonds. The van der Waals surface area contributed by atoms with E-state index >= 15 is 0 Å². The van der Waals surface area contributed by atoms with Crippen molar-refractivity contribution in [2.45, 2.75) is 19.4 Å². The third-order valence-electron chi connectivity index (χ3n) is 2.72. The topological polar surface area (TPSA) is 26.0 Å². The largest absolute Gasteiger partial charge is 0.324 e. The highest BCUT2D eigenvalue weighted by molar-refractivity contribution is 9.10. The second-order valence-corrected chi connectivity index (χ2v) is 4.59. The van der Waals surface area contributed by atoms with Crippen LogP contribution in [0.3, 0.4) is 0 Å². The summed E-state index contributed by atoms with van der Waals surface area (Å²) in [5, 5.41) is 2.48. The van der Waals surface area contributed by atoms with Crippen molar-refractivity contribution >= 4 is 26.7 Å². The minimum Gasteiger partial charge on any atom is -0.324 e. The number of halogens is 1.